The van der Waals surface area contributed by atoms with Crippen LogP contribution < -0.4 is 31.9 Å². The Labute approximate surface area is 419 Å². The van der Waals surface area contributed by atoms with Crippen LogP contribution in [0.1, 0.15) is 97.4 Å². The molecule has 6 heterocycles. The number of hydrogen-bond donors (Lipinski definition) is 5. The molecule has 5 aliphatic heterocycles. The number of imide groups is 1. The largest absolute Gasteiger partial charge is 0.388 e. The Bertz CT molecular complexity index is 3020. The number of nitrogens with zero attached hydrogens (tertiary/aromatic N) is 5. The predicted octanol–water partition coefficient (Wildman–Crippen LogP) is 5.33. The number of imidazole rings is 1. The maximum Gasteiger partial charge on any atom is 0.329 e. The third kappa shape index (κ3) is 10.1. The van der Waals surface area contributed by atoms with Gasteiger partial charge in [0, 0.05) is 93.6 Å². The van der Waals surface area contributed by atoms with Crippen molar-refractivity contribution in [2.24, 2.45) is 18.9 Å². The number of nitrogens with one attached hydrogen (secondary N) is 4. The van der Waals surface area contributed by atoms with Crippen molar-refractivity contribution in [2.45, 2.75) is 95.1 Å². The number of hydrogen-bond acceptors (Lipinski definition) is 10. The van der Waals surface area contributed by atoms with Gasteiger partial charge >= 0.3 is 5.69 Å². The smallest absolute Gasteiger partial charge is 0.329 e. The van der Waals surface area contributed by atoms with Gasteiger partial charge in [-0.1, -0.05) is 48.2 Å². The minimum absolute atomic E-state index is 0.0860. The molecule has 4 atom stereocenters. The number of carbonyl (C=O) groups is 4. The van der Waals surface area contributed by atoms with Gasteiger partial charge in [0.1, 0.15) is 12.2 Å². The molecule has 4 aromatic carbocycles. The quantitative estimate of drug-likeness (QED) is 0.0911. The molecule has 1 unspecified atom stereocenters. The molecule has 5 aromatic rings. The second-order valence-electron chi connectivity index (χ2n) is 20.9. The van der Waals surface area contributed by atoms with Gasteiger partial charge in [-0.25, -0.2) is 9.18 Å². The van der Waals surface area contributed by atoms with Crippen molar-refractivity contribution in [3.63, 3.8) is 0 Å². The summed E-state index contributed by atoms with van der Waals surface area (Å²) in [7, 11) is 1.69. The van der Waals surface area contributed by atoms with E-state index in [9.17, 15) is 33.5 Å². The van der Waals surface area contributed by atoms with E-state index in [2.05, 4.69) is 67.2 Å². The monoisotopic (exact) mass is 980 g/mol. The molecule has 5 aliphatic rings. The van der Waals surface area contributed by atoms with Crippen LogP contribution >= 0.6 is 0 Å². The Hall–Kier alpha value is -6.54. The summed E-state index contributed by atoms with van der Waals surface area (Å²) in [5.41, 5.74) is 5.24. The van der Waals surface area contributed by atoms with Crippen molar-refractivity contribution >= 4 is 56.8 Å². The SMILES string of the molecule is Cc1ccc(N[C@H]2CNC[C@H]2F)cc1C(=O)N[C@H](C)c1ccc(C#CC2CCN(CC3(O)CCN(C(=O)C4CCN(c5ccc6c(c5)n(C)c(=O)n6C5CCC(=O)NC5=O)CC4)CC3)CC2)c2ccccc12. The first-order chi connectivity index (χ1) is 34.7. The number of rotatable bonds is 10. The summed E-state index contributed by atoms with van der Waals surface area (Å²) in [6.45, 7) is 9.51. The molecule has 16 heteroatoms. The number of halogens is 1. The van der Waals surface area contributed by atoms with E-state index in [-0.39, 0.29) is 60.2 Å². The first-order valence-electron chi connectivity index (χ1n) is 25.8. The Kier molecular flexibility index (Phi) is 14.0. The van der Waals surface area contributed by atoms with Crippen LogP contribution in [0, 0.1) is 30.6 Å². The van der Waals surface area contributed by atoms with Crippen molar-refractivity contribution in [3.8, 4) is 11.8 Å². The fraction of sp³-hybridized carbons (Fsp3) is 0.482. The summed E-state index contributed by atoms with van der Waals surface area (Å²) >= 11 is 0. The maximum absolute atomic E-state index is 14.3. The molecule has 10 rings (SSSR count). The molecule has 0 radical (unpaired) electrons. The summed E-state index contributed by atoms with van der Waals surface area (Å²) in [4.78, 5) is 71.7. The molecule has 0 saturated carbocycles. The lowest BCUT2D eigenvalue weighted by atomic mass is 9.87. The molecule has 72 heavy (non-hydrogen) atoms. The van der Waals surface area contributed by atoms with E-state index >= 15 is 0 Å². The normalized spacial score (nSPS) is 22.7. The van der Waals surface area contributed by atoms with Gasteiger partial charge in [0.15, 0.2) is 0 Å². The molecule has 378 valence electrons. The average Bonchev–Trinajstić information content (AvgIpc) is 3.90. The molecule has 15 nitrogen and oxygen atoms in total. The second-order valence-corrected chi connectivity index (χ2v) is 20.9. The molecular weight excluding hydrogens is 914 g/mol. The van der Waals surface area contributed by atoms with Crippen LogP contribution in [0.25, 0.3) is 21.8 Å². The van der Waals surface area contributed by atoms with E-state index < -0.39 is 23.7 Å². The van der Waals surface area contributed by atoms with Gasteiger partial charge in [-0.3, -0.25) is 33.6 Å². The molecule has 4 amide bonds. The molecule has 5 fully saturated rings. The van der Waals surface area contributed by atoms with Crippen LogP contribution in [-0.4, -0.2) is 124 Å². The first kappa shape index (κ1) is 49.1. The van der Waals surface area contributed by atoms with E-state index in [4.69, 9.17) is 0 Å². The predicted molar refractivity (Wildman–Crippen MR) is 277 cm³/mol. The third-order valence-corrected chi connectivity index (χ3v) is 16.1. The van der Waals surface area contributed by atoms with E-state index in [1.807, 2.05) is 61.2 Å². The minimum Gasteiger partial charge on any atom is -0.388 e. The summed E-state index contributed by atoms with van der Waals surface area (Å²) in [6, 6.07) is 22.3. The Balaban J connectivity index is 0.688. The highest BCUT2D eigenvalue weighted by molar-refractivity contribution is 6.00. The molecule has 0 bridgehead atoms. The third-order valence-electron chi connectivity index (χ3n) is 16.1. The standard InChI is InChI=1S/C56H66FN9O6/c1-35-8-12-40(60-47-33-58-32-46(47)57)30-45(35)52(68)59-36(2)42-14-11-38(43-6-4-5-7-44(42)43)10-9-37-18-24-63(25-19-37)34-56(72)22-28-65(29-23-56)54(70)39-20-26-64(27-21-39)41-13-15-48-50(31-41)62(3)55(71)66(48)49-16-17-51(67)61-53(49)69/h4-8,11-15,30-31,36-37,39,46-47,49,58,60,72H,16-29,32-34H2,1-3H3,(H,59,68)(H,61,67,69)/t36-,46-,47+,49?/m1/s1. The number of β-amino-alcohol motifs (C(OH)–C–C–N with tert-alkyl or cyclic N) is 1. The minimum atomic E-state index is -0.986. The van der Waals surface area contributed by atoms with Gasteiger partial charge in [-0.15, -0.1) is 0 Å². The number of alkyl halides is 1. The topological polar surface area (TPSA) is 173 Å². The number of aryl methyl sites for hydroxylation is 2. The lowest BCUT2D eigenvalue weighted by Crippen LogP contribution is -2.54. The zero-order valence-electron chi connectivity index (χ0n) is 41.5. The highest BCUT2D eigenvalue weighted by atomic mass is 19.1. The number of fused-ring (bicyclic) bond motifs is 2. The number of carbonyl (C=O) groups excluding carboxylic acids is 4. The molecule has 5 saturated heterocycles. The van der Waals surface area contributed by atoms with Crippen LogP contribution in [0.2, 0.25) is 0 Å². The van der Waals surface area contributed by atoms with Crippen LogP contribution in [0.15, 0.2) is 77.6 Å². The maximum atomic E-state index is 14.3. The molecule has 0 aliphatic carbocycles. The first-order valence-corrected chi connectivity index (χ1v) is 25.8. The van der Waals surface area contributed by atoms with Gasteiger partial charge in [0.25, 0.3) is 5.91 Å². The molecule has 0 spiro atoms. The van der Waals surface area contributed by atoms with Gasteiger partial charge < -0.3 is 35.8 Å². The number of likely N-dealkylation sites (tertiary alicyclic amines) is 2. The Morgan fingerprint density at radius 3 is 2.35 bits per heavy atom. The average molecular weight is 980 g/mol. The van der Waals surface area contributed by atoms with Crippen LogP contribution in [0.3, 0.4) is 0 Å². The number of benzene rings is 4. The zero-order chi connectivity index (χ0) is 50.3. The second kappa shape index (κ2) is 20.5. The van der Waals surface area contributed by atoms with Gasteiger partial charge in [0.05, 0.1) is 28.7 Å². The van der Waals surface area contributed by atoms with Gasteiger partial charge in [-0.05, 0) is 130 Å². The van der Waals surface area contributed by atoms with Crippen LogP contribution in [0.4, 0.5) is 15.8 Å². The number of amides is 4. The van der Waals surface area contributed by atoms with Crippen molar-refractivity contribution in [2.75, 3.05) is 69.1 Å². The van der Waals surface area contributed by atoms with Crippen molar-refractivity contribution in [3.05, 3.63) is 106 Å². The van der Waals surface area contributed by atoms with E-state index in [0.717, 1.165) is 64.8 Å². The lowest BCUT2D eigenvalue weighted by Gasteiger charge is -2.43. The number of anilines is 2. The zero-order valence-corrected chi connectivity index (χ0v) is 41.5. The van der Waals surface area contributed by atoms with E-state index in [1.165, 1.54) is 4.57 Å². The van der Waals surface area contributed by atoms with Crippen molar-refractivity contribution in [1.82, 2.24) is 34.9 Å². The molecule has 1 aromatic heterocycles. The van der Waals surface area contributed by atoms with E-state index in [0.29, 0.717) is 88.1 Å². The number of piperidine rings is 4. The summed E-state index contributed by atoms with van der Waals surface area (Å²) in [5.74, 6) is 6.42. The molecule has 5 N–H and O–H groups in total. The van der Waals surface area contributed by atoms with Crippen LogP contribution in [-0.2, 0) is 21.4 Å². The summed E-state index contributed by atoms with van der Waals surface area (Å²) in [5, 5.41) is 25.7. The number of aromatic nitrogens is 2. The fourth-order valence-corrected chi connectivity index (χ4v) is 11.7. The number of aliphatic hydroxyl groups is 1. The summed E-state index contributed by atoms with van der Waals surface area (Å²) in [6.07, 6.45) is 3.83. The van der Waals surface area contributed by atoms with Gasteiger partial charge in [-0.2, -0.15) is 0 Å². The van der Waals surface area contributed by atoms with E-state index in [1.54, 1.807) is 17.7 Å². The Morgan fingerprint density at radius 2 is 1.62 bits per heavy atom. The summed E-state index contributed by atoms with van der Waals surface area (Å²) < 4.78 is 17.3. The Morgan fingerprint density at radius 1 is 0.875 bits per heavy atom. The van der Waals surface area contributed by atoms with Crippen molar-refractivity contribution in [1.29, 1.82) is 0 Å². The van der Waals surface area contributed by atoms with Crippen molar-refractivity contribution < 1.29 is 28.7 Å². The highest BCUT2D eigenvalue weighted by Crippen LogP contribution is 2.33. The molecular formula is C56H66FN9O6. The van der Waals surface area contributed by atoms with Gasteiger partial charge in [0.2, 0.25) is 17.7 Å². The fourth-order valence-electron chi connectivity index (χ4n) is 11.7. The van der Waals surface area contributed by atoms with Crippen LogP contribution in [0.5, 0.6) is 0 Å². The lowest BCUT2D eigenvalue weighted by molar-refractivity contribution is -0.141. The highest BCUT2D eigenvalue weighted by Gasteiger charge is 2.39.